The van der Waals surface area contributed by atoms with Crippen LogP contribution >= 0.6 is 15.9 Å². The van der Waals surface area contributed by atoms with Gasteiger partial charge in [0.15, 0.2) is 0 Å². The van der Waals surface area contributed by atoms with Gasteiger partial charge in [-0.1, -0.05) is 0 Å². The van der Waals surface area contributed by atoms with Crippen molar-refractivity contribution in [3.05, 3.63) is 21.8 Å². The van der Waals surface area contributed by atoms with Gasteiger partial charge in [-0.05, 0) is 41.4 Å². The number of aromatic nitrogens is 1. The van der Waals surface area contributed by atoms with Crippen LogP contribution < -0.4 is 5.73 Å². The van der Waals surface area contributed by atoms with E-state index in [0.717, 1.165) is 15.7 Å². The van der Waals surface area contributed by atoms with E-state index in [1.54, 1.807) is 0 Å². The Hall–Kier alpha value is -0.570. The Kier molecular flexibility index (Phi) is 1.94. The summed E-state index contributed by atoms with van der Waals surface area (Å²) in [5.74, 6) is 0.612. The van der Waals surface area contributed by atoms with Gasteiger partial charge >= 0.3 is 0 Å². The maximum Gasteiger partial charge on any atom is 0.126 e. The van der Waals surface area contributed by atoms with E-state index in [-0.39, 0.29) is 0 Å². The maximum absolute atomic E-state index is 5.56. The van der Waals surface area contributed by atoms with Gasteiger partial charge in [-0.15, -0.1) is 0 Å². The van der Waals surface area contributed by atoms with Gasteiger partial charge in [0.05, 0.1) is 5.69 Å². The van der Waals surface area contributed by atoms with Crippen LogP contribution in [0.3, 0.4) is 0 Å². The van der Waals surface area contributed by atoms with E-state index in [4.69, 9.17) is 5.73 Å². The highest BCUT2D eigenvalue weighted by atomic mass is 79.9. The minimum atomic E-state index is 0.612. The predicted molar refractivity (Wildman–Crippen MR) is 45.8 cm³/mol. The Labute approximate surface area is 68.6 Å². The monoisotopic (exact) mass is 200 g/mol. The van der Waals surface area contributed by atoms with Gasteiger partial charge in [-0.25, -0.2) is 4.98 Å². The van der Waals surface area contributed by atoms with Crippen LogP contribution in [0.25, 0.3) is 0 Å². The molecule has 1 heterocycles. The van der Waals surface area contributed by atoms with E-state index < -0.39 is 0 Å². The molecule has 0 amide bonds. The van der Waals surface area contributed by atoms with Gasteiger partial charge in [0.2, 0.25) is 0 Å². The van der Waals surface area contributed by atoms with Crippen LogP contribution in [0.5, 0.6) is 0 Å². The van der Waals surface area contributed by atoms with E-state index >= 15 is 0 Å². The van der Waals surface area contributed by atoms with Crippen molar-refractivity contribution in [3.63, 3.8) is 0 Å². The van der Waals surface area contributed by atoms with E-state index in [9.17, 15) is 0 Å². The summed E-state index contributed by atoms with van der Waals surface area (Å²) in [6, 6.07) is 1.97. The summed E-state index contributed by atoms with van der Waals surface area (Å²) >= 11 is 3.36. The fourth-order valence-corrected chi connectivity index (χ4v) is 1.12. The molecule has 2 N–H and O–H groups in total. The number of hydrogen-bond donors (Lipinski definition) is 1. The molecule has 0 aromatic carbocycles. The van der Waals surface area contributed by atoms with Gasteiger partial charge in [0.1, 0.15) is 5.82 Å². The molecule has 1 rings (SSSR count). The molecule has 0 spiro atoms. The third-order valence-corrected chi connectivity index (χ3v) is 2.18. The van der Waals surface area contributed by atoms with Crippen molar-refractivity contribution < 1.29 is 0 Å². The Morgan fingerprint density at radius 1 is 1.50 bits per heavy atom. The van der Waals surface area contributed by atoms with E-state index in [0.29, 0.717) is 5.82 Å². The molecule has 0 aliphatic carbocycles. The molecule has 0 fully saturated rings. The lowest BCUT2D eigenvalue weighted by Crippen LogP contribution is -1.95. The molecule has 54 valence electrons. The molecular formula is C7H9BrN2. The number of nitrogens with zero attached hydrogens (tertiary/aromatic N) is 1. The van der Waals surface area contributed by atoms with Crippen molar-refractivity contribution in [3.8, 4) is 0 Å². The van der Waals surface area contributed by atoms with Crippen LogP contribution in [0.2, 0.25) is 0 Å². The standard InChI is InChI=1S/C7H9BrN2/c1-4-3-6(8)5(2)10-7(4)9/h3H,1-2H3,(H2,9,10). The van der Waals surface area contributed by atoms with Crippen molar-refractivity contribution in [1.29, 1.82) is 0 Å². The first-order valence-corrected chi connectivity index (χ1v) is 3.80. The predicted octanol–water partition coefficient (Wildman–Crippen LogP) is 2.04. The van der Waals surface area contributed by atoms with E-state index in [1.807, 2.05) is 19.9 Å². The van der Waals surface area contributed by atoms with Gasteiger partial charge < -0.3 is 5.73 Å². The second-order valence-electron chi connectivity index (χ2n) is 2.26. The number of nitrogens with two attached hydrogens (primary N) is 1. The molecule has 0 atom stereocenters. The molecule has 0 saturated heterocycles. The average molecular weight is 201 g/mol. The normalized spacial score (nSPS) is 9.90. The molecule has 10 heavy (non-hydrogen) atoms. The Bertz CT molecular complexity index is 208. The number of nitrogen functional groups attached to an aromatic ring is 1. The lowest BCUT2D eigenvalue weighted by atomic mass is 10.2. The SMILES string of the molecule is Cc1cc(Br)c(C)nc1N. The third-order valence-electron chi connectivity index (χ3n) is 1.38. The van der Waals surface area contributed by atoms with Crippen molar-refractivity contribution in [2.75, 3.05) is 5.73 Å². The van der Waals surface area contributed by atoms with Crippen molar-refractivity contribution >= 4 is 21.7 Å². The molecular weight excluding hydrogens is 192 g/mol. The van der Waals surface area contributed by atoms with Gasteiger partial charge in [0.25, 0.3) is 0 Å². The van der Waals surface area contributed by atoms with Crippen molar-refractivity contribution in [1.82, 2.24) is 4.98 Å². The largest absolute Gasteiger partial charge is 0.383 e. The number of anilines is 1. The molecule has 0 bridgehead atoms. The quantitative estimate of drug-likeness (QED) is 0.697. The molecule has 3 heteroatoms. The fourth-order valence-electron chi connectivity index (χ4n) is 0.691. The summed E-state index contributed by atoms with van der Waals surface area (Å²) < 4.78 is 1.01. The van der Waals surface area contributed by atoms with Gasteiger partial charge in [0, 0.05) is 4.47 Å². The lowest BCUT2D eigenvalue weighted by Gasteiger charge is -2.01. The second-order valence-corrected chi connectivity index (χ2v) is 3.11. The maximum atomic E-state index is 5.56. The fraction of sp³-hybridized carbons (Fsp3) is 0.286. The Balaban J connectivity index is 3.28. The number of aryl methyl sites for hydroxylation is 2. The lowest BCUT2D eigenvalue weighted by molar-refractivity contribution is 1.16. The van der Waals surface area contributed by atoms with Gasteiger partial charge in [-0.2, -0.15) is 0 Å². The van der Waals surface area contributed by atoms with Crippen LogP contribution in [-0.2, 0) is 0 Å². The molecule has 0 unspecified atom stereocenters. The first-order chi connectivity index (χ1) is 4.61. The first kappa shape index (κ1) is 7.54. The molecule has 0 aliphatic heterocycles. The third kappa shape index (κ3) is 1.29. The molecule has 1 aromatic rings. The zero-order valence-corrected chi connectivity index (χ0v) is 7.57. The van der Waals surface area contributed by atoms with Crippen LogP contribution in [0.15, 0.2) is 10.5 Å². The highest BCUT2D eigenvalue weighted by molar-refractivity contribution is 9.10. The minimum absolute atomic E-state index is 0.612. The highest BCUT2D eigenvalue weighted by Crippen LogP contribution is 2.18. The summed E-state index contributed by atoms with van der Waals surface area (Å²) in [7, 11) is 0. The molecule has 0 aliphatic rings. The topological polar surface area (TPSA) is 38.9 Å². The van der Waals surface area contributed by atoms with E-state index in [2.05, 4.69) is 20.9 Å². The first-order valence-electron chi connectivity index (χ1n) is 3.00. The summed E-state index contributed by atoms with van der Waals surface area (Å²) in [5, 5.41) is 0. The summed E-state index contributed by atoms with van der Waals surface area (Å²) in [5.41, 5.74) is 7.50. The molecule has 0 saturated carbocycles. The van der Waals surface area contributed by atoms with Crippen molar-refractivity contribution in [2.45, 2.75) is 13.8 Å². The smallest absolute Gasteiger partial charge is 0.126 e. The Morgan fingerprint density at radius 2 is 2.10 bits per heavy atom. The van der Waals surface area contributed by atoms with E-state index in [1.165, 1.54) is 0 Å². The van der Waals surface area contributed by atoms with Crippen LogP contribution in [0.4, 0.5) is 5.82 Å². The second kappa shape index (κ2) is 2.58. The number of rotatable bonds is 0. The number of hydrogen-bond acceptors (Lipinski definition) is 2. The van der Waals surface area contributed by atoms with Crippen LogP contribution in [0, 0.1) is 13.8 Å². The summed E-state index contributed by atoms with van der Waals surface area (Å²) in [6.45, 7) is 3.85. The number of pyridine rings is 1. The molecule has 2 nitrogen and oxygen atoms in total. The number of halogens is 1. The highest BCUT2D eigenvalue weighted by Gasteiger charge is 1.98. The van der Waals surface area contributed by atoms with Crippen molar-refractivity contribution in [2.24, 2.45) is 0 Å². The summed E-state index contributed by atoms with van der Waals surface area (Å²) in [6.07, 6.45) is 0. The van der Waals surface area contributed by atoms with Crippen LogP contribution in [0.1, 0.15) is 11.3 Å². The zero-order valence-electron chi connectivity index (χ0n) is 5.98. The molecule has 0 radical (unpaired) electrons. The average Bonchev–Trinajstić information content (AvgIpc) is 1.84. The van der Waals surface area contributed by atoms with Crippen LogP contribution in [-0.4, -0.2) is 4.98 Å². The minimum Gasteiger partial charge on any atom is -0.383 e. The Morgan fingerprint density at radius 3 is 2.60 bits per heavy atom. The summed E-state index contributed by atoms with van der Waals surface area (Å²) in [4.78, 5) is 4.10. The zero-order chi connectivity index (χ0) is 7.72. The molecule has 1 aromatic heterocycles. The van der Waals surface area contributed by atoms with Gasteiger partial charge in [-0.3, -0.25) is 0 Å².